The van der Waals surface area contributed by atoms with Crippen LogP contribution in [0, 0.1) is 10.1 Å². The van der Waals surface area contributed by atoms with Crippen molar-refractivity contribution in [3.8, 4) is 0 Å². The molecule has 16 heavy (non-hydrogen) atoms. The molecule has 0 aromatic heterocycles. The van der Waals surface area contributed by atoms with Crippen LogP contribution in [-0.4, -0.2) is 29.2 Å². The van der Waals surface area contributed by atoms with Crippen molar-refractivity contribution < 1.29 is 10.0 Å². The van der Waals surface area contributed by atoms with E-state index in [1.54, 1.807) is 17.0 Å². The molecule has 1 atom stereocenters. The summed E-state index contributed by atoms with van der Waals surface area (Å²) in [7, 11) is 0. The van der Waals surface area contributed by atoms with Crippen LogP contribution in [0.15, 0.2) is 18.2 Å². The van der Waals surface area contributed by atoms with Crippen LogP contribution in [0.3, 0.4) is 0 Å². The Morgan fingerprint density at radius 1 is 1.56 bits per heavy atom. The van der Waals surface area contributed by atoms with Gasteiger partial charge < -0.3 is 10.0 Å². The van der Waals surface area contributed by atoms with E-state index in [9.17, 15) is 15.2 Å². The minimum Gasteiger partial charge on any atom is -0.391 e. The number of aliphatic hydroxyl groups excluding tert-OH is 1. The Bertz CT molecular complexity index is 425. The fourth-order valence-corrected chi connectivity index (χ4v) is 2.14. The summed E-state index contributed by atoms with van der Waals surface area (Å²) in [5, 5.41) is 20.5. The lowest BCUT2D eigenvalue weighted by molar-refractivity contribution is -0.384. The number of halogens is 1. The number of para-hydroxylation sites is 1. The van der Waals surface area contributed by atoms with Crippen LogP contribution in [0.5, 0.6) is 0 Å². The number of nitro benzene ring substituents is 1. The van der Waals surface area contributed by atoms with Crippen molar-refractivity contribution in [3.63, 3.8) is 0 Å². The van der Waals surface area contributed by atoms with E-state index in [0.717, 1.165) is 0 Å². The standard InChI is InChI=1S/C10H11ClN2O3/c11-8-2-1-3-9(10(8)13(15)16)12-5-4-7(14)6-12/h1-3,7,14H,4-6H2. The molecule has 0 amide bonds. The number of benzene rings is 1. The summed E-state index contributed by atoms with van der Waals surface area (Å²) in [5.74, 6) is 0. The van der Waals surface area contributed by atoms with Crippen LogP contribution in [0.2, 0.25) is 5.02 Å². The summed E-state index contributed by atoms with van der Waals surface area (Å²) in [4.78, 5) is 12.2. The third-order valence-corrected chi connectivity index (χ3v) is 2.96. The minimum absolute atomic E-state index is 0.0849. The van der Waals surface area contributed by atoms with E-state index >= 15 is 0 Å². The van der Waals surface area contributed by atoms with E-state index < -0.39 is 11.0 Å². The molecule has 1 fully saturated rings. The van der Waals surface area contributed by atoms with Crippen LogP contribution in [0.4, 0.5) is 11.4 Å². The maximum Gasteiger partial charge on any atom is 0.310 e. The monoisotopic (exact) mass is 242 g/mol. The third kappa shape index (κ3) is 1.96. The summed E-state index contributed by atoms with van der Waals surface area (Å²) in [6.45, 7) is 1.03. The van der Waals surface area contributed by atoms with E-state index in [1.807, 2.05) is 0 Å². The predicted molar refractivity (Wildman–Crippen MR) is 60.9 cm³/mol. The molecule has 1 aromatic rings. The predicted octanol–water partition coefficient (Wildman–Crippen LogP) is 1.82. The van der Waals surface area contributed by atoms with E-state index in [4.69, 9.17) is 11.6 Å². The summed E-state index contributed by atoms with van der Waals surface area (Å²) in [6.07, 6.45) is 0.211. The molecule has 0 aliphatic carbocycles. The van der Waals surface area contributed by atoms with Gasteiger partial charge >= 0.3 is 5.69 Å². The summed E-state index contributed by atoms with van der Waals surface area (Å²) in [6, 6.07) is 4.83. The number of β-amino-alcohol motifs (C(OH)–C–C–N with tert-alkyl or cyclic N) is 1. The molecule has 2 rings (SSSR count). The molecular formula is C10H11ClN2O3. The van der Waals surface area contributed by atoms with Crippen molar-refractivity contribution in [1.82, 2.24) is 0 Å². The Labute approximate surface area is 97.4 Å². The van der Waals surface area contributed by atoms with Crippen molar-refractivity contribution >= 4 is 23.0 Å². The molecule has 0 radical (unpaired) electrons. The van der Waals surface area contributed by atoms with Gasteiger partial charge in [-0.1, -0.05) is 17.7 Å². The zero-order valence-corrected chi connectivity index (χ0v) is 9.22. The number of nitro groups is 1. The lowest BCUT2D eigenvalue weighted by Gasteiger charge is -2.17. The number of nitrogens with zero attached hydrogens (tertiary/aromatic N) is 2. The molecule has 6 heteroatoms. The highest BCUT2D eigenvalue weighted by Gasteiger charge is 2.27. The zero-order valence-electron chi connectivity index (χ0n) is 8.47. The fourth-order valence-electron chi connectivity index (χ4n) is 1.90. The van der Waals surface area contributed by atoms with Crippen molar-refractivity contribution in [1.29, 1.82) is 0 Å². The van der Waals surface area contributed by atoms with Gasteiger partial charge in [-0.3, -0.25) is 10.1 Å². The van der Waals surface area contributed by atoms with E-state index in [2.05, 4.69) is 0 Å². The molecular weight excluding hydrogens is 232 g/mol. The molecule has 1 aliphatic rings. The average Bonchev–Trinajstić information content (AvgIpc) is 2.63. The van der Waals surface area contributed by atoms with Crippen LogP contribution in [0.25, 0.3) is 0 Å². The zero-order chi connectivity index (χ0) is 11.7. The number of rotatable bonds is 2. The lowest BCUT2D eigenvalue weighted by Crippen LogP contribution is -2.22. The van der Waals surface area contributed by atoms with Crippen molar-refractivity contribution in [2.75, 3.05) is 18.0 Å². The third-order valence-electron chi connectivity index (χ3n) is 2.65. The second-order valence-electron chi connectivity index (χ2n) is 3.75. The van der Waals surface area contributed by atoms with Crippen molar-refractivity contribution in [3.05, 3.63) is 33.3 Å². The second-order valence-corrected chi connectivity index (χ2v) is 4.16. The Kier molecular flexibility index (Phi) is 2.98. The topological polar surface area (TPSA) is 66.6 Å². The largest absolute Gasteiger partial charge is 0.391 e. The highest BCUT2D eigenvalue weighted by atomic mass is 35.5. The maximum atomic E-state index is 10.9. The van der Waals surface area contributed by atoms with Crippen LogP contribution in [-0.2, 0) is 0 Å². The number of aliphatic hydroxyl groups is 1. The molecule has 1 aromatic carbocycles. The van der Waals surface area contributed by atoms with Crippen LogP contribution in [0.1, 0.15) is 6.42 Å². The molecule has 1 aliphatic heterocycles. The number of hydrogen-bond donors (Lipinski definition) is 1. The van der Waals surface area contributed by atoms with Crippen LogP contribution < -0.4 is 4.90 Å². The molecule has 1 saturated heterocycles. The van der Waals surface area contributed by atoms with Gasteiger partial charge in [-0.05, 0) is 18.6 Å². The van der Waals surface area contributed by atoms with Gasteiger partial charge in [-0.2, -0.15) is 0 Å². The van der Waals surface area contributed by atoms with Gasteiger partial charge in [0.05, 0.1) is 11.0 Å². The Hall–Kier alpha value is -1.33. The SMILES string of the molecule is O=[N+]([O-])c1c(Cl)cccc1N1CCC(O)C1. The normalized spacial score (nSPS) is 20.1. The van der Waals surface area contributed by atoms with Crippen molar-refractivity contribution in [2.24, 2.45) is 0 Å². The van der Waals surface area contributed by atoms with Gasteiger partial charge in [0.2, 0.25) is 0 Å². The maximum absolute atomic E-state index is 10.9. The smallest absolute Gasteiger partial charge is 0.310 e. The fraction of sp³-hybridized carbons (Fsp3) is 0.400. The van der Waals surface area contributed by atoms with Gasteiger partial charge in [0.1, 0.15) is 10.7 Å². The molecule has 1 heterocycles. The van der Waals surface area contributed by atoms with Gasteiger partial charge in [0, 0.05) is 13.1 Å². The molecule has 0 saturated carbocycles. The molecule has 1 unspecified atom stereocenters. The van der Waals surface area contributed by atoms with E-state index in [-0.39, 0.29) is 10.7 Å². The van der Waals surface area contributed by atoms with Gasteiger partial charge in [0.25, 0.3) is 0 Å². The molecule has 0 spiro atoms. The first-order chi connectivity index (χ1) is 7.59. The Morgan fingerprint density at radius 3 is 2.88 bits per heavy atom. The molecule has 1 N–H and O–H groups in total. The average molecular weight is 243 g/mol. The number of hydrogen-bond acceptors (Lipinski definition) is 4. The quantitative estimate of drug-likeness (QED) is 0.635. The minimum atomic E-state index is -0.484. The highest BCUT2D eigenvalue weighted by Crippen LogP contribution is 2.36. The number of anilines is 1. The Morgan fingerprint density at radius 2 is 2.31 bits per heavy atom. The molecule has 5 nitrogen and oxygen atoms in total. The van der Waals surface area contributed by atoms with E-state index in [0.29, 0.717) is 25.2 Å². The first-order valence-corrected chi connectivity index (χ1v) is 5.33. The highest BCUT2D eigenvalue weighted by molar-refractivity contribution is 6.33. The van der Waals surface area contributed by atoms with Gasteiger partial charge in [-0.25, -0.2) is 0 Å². The van der Waals surface area contributed by atoms with Gasteiger partial charge in [-0.15, -0.1) is 0 Å². The first kappa shape index (κ1) is 11.2. The lowest BCUT2D eigenvalue weighted by atomic mass is 10.2. The second kappa shape index (κ2) is 4.27. The van der Waals surface area contributed by atoms with Crippen molar-refractivity contribution in [2.45, 2.75) is 12.5 Å². The van der Waals surface area contributed by atoms with Gasteiger partial charge in [0.15, 0.2) is 0 Å². The summed E-state index contributed by atoms with van der Waals surface area (Å²) < 4.78 is 0. The summed E-state index contributed by atoms with van der Waals surface area (Å²) >= 11 is 5.81. The van der Waals surface area contributed by atoms with Crippen LogP contribution >= 0.6 is 11.6 Å². The molecule has 0 bridgehead atoms. The Balaban J connectivity index is 2.40. The first-order valence-electron chi connectivity index (χ1n) is 4.95. The summed E-state index contributed by atoms with van der Waals surface area (Å²) in [5.41, 5.74) is 0.396. The molecule has 86 valence electrons. The van der Waals surface area contributed by atoms with E-state index in [1.165, 1.54) is 6.07 Å².